The molecule has 1 atom stereocenters. The van der Waals surface area contributed by atoms with Gasteiger partial charge in [-0.15, -0.1) is 0 Å². The lowest BCUT2D eigenvalue weighted by atomic mass is 9.84. The van der Waals surface area contributed by atoms with E-state index in [2.05, 4.69) is 5.32 Å². The van der Waals surface area contributed by atoms with Crippen molar-refractivity contribution >= 4 is 34.9 Å². The van der Waals surface area contributed by atoms with Crippen molar-refractivity contribution in [2.75, 3.05) is 5.32 Å². The molecule has 0 saturated carbocycles. The molecule has 2 heterocycles. The summed E-state index contributed by atoms with van der Waals surface area (Å²) in [5, 5.41) is 9.30. The molecule has 1 unspecified atom stereocenters. The minimum atomic E-state index is -0.130. The number of carbonyl (C=O) groups excluding carboxylic acids is 1. The van der Waals surface area contributed by atoms with Gasteiger partial charge in [0.05, 0.1) is 11.4 Å². The summed E-state index contributed by atoms with van der Waals surface area (Å²) < 4.78 is 1.80. The molecule has 0 aliphatic carbocycles. The molecule has 0 saturated heterocycles. The van der Waals surface area contributed by atoms with Crippen molar-refractivity contribution < 1.29 is 4.79 Å². The van der Waals surface area contributed by atoms with Crippen LogP contribution in [-0.2, 0) is 4.79 Å². The maximum absolute atomic E-state index is 12.7. The molecule has 0 fully saturated rings. The Kier molecular flexibility index (Phi) is 4.81. The van der Waals surface area contributed by atoms with Crippen molar-refractivity contribution in [2.45, 2.75) is 12.3 Å². The lowest BCUT2D eigenvalue weighted by molar-refractivity contribution is -0.116. The first-order valence-electron chi connectivity index (χ1n) is 9.60. The van der Waals surface area contributed by atoms with Crippen molar-refractivity contribution in [1.82, 2.24) is 9.78 Å². The zero-order valence-electron chi connectivity index (χ0n) is 15.8. The van der Waals surface area contributed by atoms with Crippen molar-refractivity contribution in [2.24, 2.45) is 0 Å². The number of halogens is 2. The summed E-state index contributed by atoms with van der Waals surface area (Å²) in [4.78, 5) is 12.7. The number of anilines is 1. The lowest BCUT2D eigenvalue weighted by Crippen LogP contribution is -2.24. The molecule has 1 aliphatic heterocycles. The highest BCUT2D eigenvalue weighted by Gasteiger charge is 2.34. The molecule has 5 rings (SSSR count). The van der Waals surface area contributed by atoms with Crippen LogP contribution in [0.1, 0.15) is 23.5 Å². The smallest absolute Gasteiger partial charge is 0.226 e. The Morgan fingerprint density at radius 3 is 2.17 bits per heavy atom. The molecule has 6 heteroatoms. The number of hydrogen-bond donors (Lipinski definition) is 1. The Bertz CT molecular complexity index is 1220. The summed E-state index contributed by atoms with van der Waals surface area (Å²) in [5.41, 5.74) is 4.67. The molecular formula is C24H17Cl2N3O. The number of para-hydroxylation sites is 1. The van der Waals surface area contributed by atoms with Crippen molar-refractivity contribution in [3.8, 4) is 16.9 Å². The van der Waals surface area contributed by atoms with Gasteiger partial charge in [-0.3, -0.25) is 4.79 Å². The van der Waals surface area contributed by atoms with Crippen LogP contribution in [0.15, 0.2) is 78.9 Å². The van der Waals surface area contributed by atoms with Gasteiger partial charge in [-0.05, 0) is 42.0 Å². The minimum Gasteiger partial charge on any atom is -0.310 e. The summed E-state index contributed by atoms with van der Waals surface area (Å²) in [6.45, 7) is 0. The zero-order valence-corrected chi connectivity index (χ0v) is 17.4. The predicted octanol–water partition coefficient (Wildman–Crippen LogP) is 6.32. The quantitative estimate of drug-likeness (QED) is 0.410. The van der Waals surface area contributed by atoms with Gasteiger partial charge in [0.15, 0.2) is 0 Å². The van der Waals surface area contributed by atoms with Gasteiger partial charge >= 0.3 is 0 Å². The van der Waals surface area contributed by atoms with E-state index in [-0.39, 0.29) is 11.8 Å². The van der Waals surface area contributed by atoms with Crippen LogP contribution in [0.5, 0.6) is 0 Å². The summed E-state index contributed by atoms with van der Waals surface area (Å²) in [6.07, 6.45) is 0.343. The number of amides is 1. The highest BCUT2D eigenvalue weighted by atomic mass is 35.5. The zero-order chi connectivity index (χ0) is 20.7. The molecule has 0 spiro atoms. The number of rotatable bonds is 3. The monoisotopic (exact) mass is 433 g/mol. The van der Waals surface area contributed by atoms with E-state index in [1.54, 1.807) is 4.68 Å². The Hall–Kier alpha value is -3.08. The van der Waals surface area contributed by atoms with E-state index in [1.165, 1.54) is 0 Å². The van der Waals surface area contributed by atoms with Crippen LogP contribution in [0, 0.1) is 0 Å². The Morgan fingerprint density at radius 1 is 0.867 bits per heavy atom. The number of fused-ring (bicyclic) bond motifs is 1. The average Bonchev–Trinajstić information content (AvgIpc) is 3.14. The van der Waals surface area contributed by atoms with Gasteiger partial charge in [-0.1, -0.05) is 65.7 Å². The molecular weight excluding hydrogens is 417 g/mol. The van der Waals surface area contributed by atoms with E-state index >= 15 is 0 Å². The number of aromatic nitrogens is 2. The third-order valence-electron chi connectivity index (χ3n) is 5.31. The van der Waals surface area contributed by atoms with E-state index in [0.717, 1.165) is 28.1 Å². The standard InChI is InChI=1S/C24H17Cl2N3O/c25-17-10-6-15(7-11-17)20-14-21(30)27-24-22(20)23(16-8-12-18(26)13-9-16)28-29(24)19-4-2-1-3-5-19/h1-13,20H,14H2,(H,27,30). The Balaban J connectivity index is 1.76. The molecule has 1 N–H and O–H groups in total. The van der Waals surface area contributed by atoms with Crippen molar-refractivity contribution in [3.63, 3.8) is 0 Å². The molecule has 30 heavy (non-hydrogen) atoms. The van der Waals surface area contributed by atoms with Gasteiger partial charge < -0.3 is 5.32 Å². The fourth-order valence-corrected chi connectivity index (χ4v) is 4.16. The normalized spacial score (nSPS) is 15.5. The van der Waals surface area contributed by atoms with E-state index in [4.69, 9.17) is 28.3 Å². The number of nitrogens with zero attached hydrogens (tertiary/aromatic N) is 2. The Morgan fingerprint density at radius 2 is 1.50 bits per heavy atom. The fraction of sp³-hybridized carbons (Fsp3) is 0.0833. The third-order valence-corrected chi connectivity index (χ3v) is 5.81. The molecule has 1 aliphatic rings. The molecule has 1 amide bonds. The Labute approximate surface area is 184 Å². The number of nitrogens with one attached hydrogen (secondary N) is 1. The third kappa shape index (κ3) is 3.38. The van der Waals surface area contributed by atoms with Crippen LogP contribution in [0.4, 0.5) is 5.82 Å². The fourth-order valence-electron chi connectivity index (χ4n) is 3.91. The lowest BCUT2D eigenvalue weighted by Gasteiger charge is -2.25. The molecule has 0 bridgehead atoms. The van der Waals surface area contributed by atoms with Crippen molar-refractivity contribution in [3.05, 3.63) is 100 Å². The van der Waals surface area contributed by atoms with Gasteiger partial charge in [0, 0.05) is 33.5 Å². The summed E-state index contributed by atoms with van der Waals surface area (Å²) in [6, 6.07) is 25.1. The summed E-state index contributed by atoms with van der Waals surface area (Å²) in [7, 11) is 0. The first-order valence-corrected chi connectivity index (χ1v) is 10.4. The van der Waals surface area contributed by atoms with Crippen LogP contribution in [0.2, 0.25) is 10.0 Å². The van der Waals surface area contributed by atoms with Crippen molar-refractivity contribution in [1.29, 1.82) is 0 Å². The second-order valence-electron chi connectivity index (χ2n) is 7.22. The number of benzene rings is 3. The van der Waals surface area contributed by atoms with E-state index < -0.39 is 0 Å². The van der Waals surface area contributed by atoms with Gasteiger partial charge in [0.2, 0.25) is 5.91 Å². The highest BCUT2D eigenvalue weighted by Crippen LogP contribution is 2.44. The topological polar surface area (TPSA) is 46.9 Å². The molecule has 0 radical (unpaired) electrons. The summed E-state index contributed by atoms with van der Waals surface area (Å²) in [5.74, 6) is 0.527. The largest absolute Gasteiger partial charge is 0.310 e. The van der Waals surface area contributed by atoms with Crippen LogP contribution in [0.25, 0.3) is 16.9 Å². The van der Waals surface area contributed by atoms with Crippen LogP contribution < -0.4 is 5.32 Å². The average molecular weight is 434 g/mol. The summed E-state index contributed by atoms with van der Waals surface area (Å²) >= 11 is 12.2. The van der Waals surface area contributed by atoms with Crippen LogP contribution in [-0.4, -0.2) is 15.7 Å². The highest BCUT2D eigenvalue weighted by molar-refractivity contribution is 6.30. The molecule has 3 aromatic carbocycles. The van der Waals surface area contributed by atoms with Gasteiger partial charge in [0.25, 0.3) is 0 Å². The number of carbonyl (C=O) groups is 1. The second kappa shape index (κ2) is 7.63. The minimum absolute atomic E-state index is 0.0396. The van der Waals surface area contributed by atoms with E-state index in [0.29, 0.717) is 22.3 Å². The van der Waals surface area contributed by atoms with Gasteiger partial charge in [-0.2, -0.15) is 5.10 Å². The predicted molar refractivity (Wildman–Crippen MR) is 121 cm³/mol. The maximum Gasteiger partial charge on any atom is 0.226 e. The molecule has 4 nitrogen and oxygen atoms in total. The van der Waals surface area contributed by atoms with E-state index in [9.17, 15) is 4.79 Å². The van der Waals surface area contributed by atoms with Gasteiger partial charge in [0.1, 0.15) is 5.82 Å². The maximum atomic E-state index is 12.7. The van der Waals surface area contributed by atoms with Crippen LogP contribution in [0.3, 0.4) is 0 Å². The molecule has 4 aromatic rings. The number of hydrogen-bond acceptors (Lipinski definition) is 2. The van der Waals surface area contributed by atoms with Crippen LogP contribution >= 0.6 is 23.2 Å². The first-order chi connectivity index (χ1) is 14.6. The second-order valence-corrected chi connectivity index (χ2v) is 8.09. The van der Waals surface area contributed by atoms with Gasteiger partial charge in [-0.25, -0.2) is 4.68 Å². The SMILES string of the molecule is O=C1CC(c2ccc(Cl)cc2)c2c(-c3ccc(Cl)cc3)nn(-c3ccccc3)c2N1. The molecule has 148 valence electrons. The molecule has 1 aromatic heterocycles. The van der Waals surface area contributed by atoms with E-state index in [1.807, 2.05) is 78.9 Å². The first kappa shape index (κ1) is 18.9.